The zero-order valence-corrected chi connectivity index (χ0v) is 10.0. The predicted molar refractivity (Wildman–Crippen MR) is 69.0 cm³/mol. The van der Waals surface area contributed by atoms with Gasteiger partial charge < -0.3 is 0 Å². The van der Waals surface area contributed by atoms with Crippen molar-refractivity contribution < 1.29 is 9.59 Å². The Balaban J connectivity index is 2.16. The van der Waals surface area contributed by atoms with Crippen molar-refractivity contribution in [1.29, 1.82) is 0 Å². The maximum atomic E-state index is 12.2. The lowest BCUT2D eigenvalue weighted by atomic mass is 10.1. The monoisotopic (exact) mass is 257 g/mol. The molecule has 0 saturated heterocycles. The highest BCUT2D eigenvalue weighted by Crippen LogP contribution is 2.32. The summed E-state index contributed by atoms with van der Waals surface area (Å²) in [5.41, 5.74) is 1.26. The Morgan fingerprint density at radius 2 is 1.28 bits per heavy atom. The van der Waals surface area contributed by atoms with Crippen molar-refractivity contribution in [3.05, 3.63) is 64.7 Å². The van der Waals surface area contributed by atoms with E-state index in [1.165, 1.54) is 0 Å². The van der Waals surface area contributed by atoms with Crippen LogP contribution in [0.25, 0.3) is 0 Å². The van der Waals surface area contributed by atoms with Crippen molar-refractivity contribution in [1.82, 2.24) is 0 Å². The molecular formula is C14H8ClNO2. The number of amides is 2. The molecule has 4 heteroatoms. The number of hydrogen-bond donors (Lipinski definition) is 0. The Kier molecular flexibility index (Phi) is 2.42. The standard InChI is InChI=1S/C14H8ClNO2/c15-11-7-3-4-8-12(11)16-13(17)9-5-1-2-6-10(9)14(16)18/h1-8H. The van der Waals surface area contributed by atoms with E-state index < -0.39 is 0 Å². The highest BCUT2D eigenvalue weighted by molar-refractivity contribution is 6.39. The molecule has 3 rings (SSSR count). The molecule has 0 aliphatic carbocycles. The Morgan fingerprint density at radius 1 is 0.778 bits per heavy atom. The number of nitrogens with zero attached hydrogens (tertiary/aromatic N) is 1. The number of hydrogen-bond acceptors (Lipinski definition) is 2. The van der Waals surface area contributed by atoms with Gasteiger partial charge in [-0.15, -0.1) is 0 Å². The van der Waals surface area contributed by atoms with Crippen molar-refractivity contribution in [3.8, 4) is 0 Å². The first-order valence-electron chi connectivity index (χ1n) is 5.42. The molecule has 88 valence electrons. The summed E-state index contributed by atoms with van der Waals surface area (Å²) >= 11 is 6.03. The minimum atomic E-state index is -0.330. The summed E-state index contributed by atoms with van der Waals surface area (Å²) in [6.45, 7) is 0. The second kappa shape index (κ2) is 3.96. The third kappa shape index (κ3) is 1.45. The van der Waals surface area contributed by atoms with E-state index in [4.69, 9.17) is 11.6 Å². The first-order chi connectivity index (χ1) is 8.70. The van der Waals surface area contributed by atoms with Crippen LogP contribution in [0.3, 0.4) is 0 Å². The number of rotatable bonds is 1. The van der Waals surface area contributed by atoms with E-state index in [1.807, 2.05) is 0 Å². The minimum absolute atomic E-state index is 0.330. The van der Waals surface area contributed by atoms with E-state index in [9.17, 15) is 9.59 Å². The molecule has 0 spiro atoms. The van der Waals surface area contributed by atoms with Crippen LogP contribution in [0.1, 0.15) is 20.7 Å². The third-order valence-electron chi connectivity index (χ3n) is 2.89. The first kappa shape index (κ1) is 11.0. The van der Waals surface area contributed by atoms with Gasteiger partial charge in [0.15, 0.2) is 0 Å². The van der Waals surface area contributed by atoms with E-state index in [-0.39, 0.29) is 11.8 Å². The summed E-state index contributed by atoms with van der Waals surface area (Å²) in [5, 5.41) is 0.381. The van der Waals surface area contributed by atoms with Gasteiger partial charge in [0.05, 0.1) is 21.8 Å². The van der Waals surface area contributed by atoms with Crippen LogP contribution in [-0.2, 0) is 0 Å². The summed E-state index contributed by atoms with van der Waals surface area (Å²) in [4.78, 5) is 25.5. The lowest BCUT2D eigenvalue weighted by Gasteiger charge is -2.14. The molecule has 18 heavy (non-hydrogen) atoms. The fraction of sp³-hybridized carbons (Fsp3) is 0. The van der Waals surface area contributed by atoms with Gasteiger partial charge in [-0.2, -0.15) is 0 Å². The van der Waals surface area contributed by atoms with Crippen LogP contribution in [-0.4, -0.2) is 11.8 Å². The highest BCUT2D eigenvalue weighted by Gasteiger charge is 2.36. The molecule has 0 bridgehead atoms. The average molecular weight is 258 g/mol. The molecule has 0 saturated carbocycles. The quantitative estimate of drug-likeness (QED) is 0.736. The molecule has 0 unspecified atom stereocenters. The van der Waals surface area contributed by atoms with Gasteiger partial charge in [-0.05, 0) is 24.3 Å². The summed E-state index contributed by atoms with van der Waals surface area (Å²) in [6.07, 6.45) is 0. The smallest absolute Gasteiger partial charge is 0.266 e. The van der Waals surface area contributed by atoms with Crippen LogP contribution in [0.5, 0.6) is 0 Å². The molecule has 0 atom stereocenters. The van der Waals surface area contributed by atoms with Crippen molar-refractivity contribution in [2.45, 2.75) is 0 Å². The molecule has 1 aliphatic rings. The van der Waals surface area contributed by atoms with Crippen molar-refractivity contribution >= 4 is 29.1 Å². The number of benzene rings is 2. The van der Waals surface area contributed by atoms with Gasteiger partial charge in [0.1, 0.15) is 0 Å². The summed E-state index contributed by atoms with van der Waals surface area (Å²) in [5.74, 6) is -0.660. The maximum absolute atomic E-state index is 12.2. The molecule has 0 aromatic heterocycles. The van der Waals surface area contributed by atoms with Gasteiger partial charge in [-0.3, -0.25) is 9.59 Å². The molecule has 0 N–H and O–H groups in total. The first-order valence-corrected chi connectivity index (χ1v) is 5.80. The second-order valence-corrected chi connectivity index (χ2v) is 4.35. The number of carbonyl (C=O) groups excluding carboxylic acids is 2. The Hall–Kier alpha value is -2.13. The molecule has 2 amide bonds. The topological polar surface area (TPSA) is 37.4 Å². The summed E-state index contributed by atoms with van der Waals surface area (Å²) < 4.78 is 0. The summed E-state index contributed by atoms with van der Waals surface area (Å²) in [6, 6.07) is 13.6. The molecule has 0 fully saturated rings. The number of carbonyl (C=O) groups is 2. The maximum Gasteiger partial charge on any atom is 0.266 e. The van der Waals surface area contributed by atoms with Crippen molar-refractivity contribution in [3.63, 3.8) is 0 Å². The molecule has 3 nitrogen and oxygen atoms in total. The zero-order chi connectivity index (χ0) is 12.7. The van der Waals surface area contributed by atoms with Crippen molar-refractivity contribution in [2.24, 2.45) is 0 Å². The predicted octanol–water partition coefficient (Wildman–Crippen LogP) is 3.14. The number of para-hydroxylation sites is 1. The molecule has 2 aromatic rings. The fourth-order valence-corrected chi connectivity index (χ4v) is 2.26. The molecule has 1 aliphatic heterocycles. The van der Waals surface area contributed by atoms with Gasteiger partial charge in [0, 0.05) is 0 Å². The van der Waals surface area contributed by atoms with Crippen LogP contribution in [0.2, 0.25) is 5.02 Å². The van der Waals surface area contributed by atoms with Gasteiger partial charge >= 0.3 is 0 Å². The van der Waals surface area contributed by atoms with E-state index in [0.717, 1.165) is 4.90 Å². The van der Waals surface area contributed by atoms with Crippen LogP contribution in [0.15, 0.2) is 48.5 Å². The van der Waals surface area contributed by atoms with Gasteiger partial charge in [0.25, 0.3) is 11.8 Å². The molecule has 2 aromatic carbocycles. The SMILES string of the molecule is O=C1c2ccccc2C(=O)N1c1ccccc1Cl. The fourth-order valence-electron chi connectivity index (χ4n) is 2.04. The number of halogens is 1. The Bertz CT molecular complexity index is 631. The minimum Gasteiger partial charge on any atom is -0.268 e. The lowest BCUT2D eigenvalue weighted by molar-refractivity contribution is 0.0926. The van der Waals surface area contributed by atoms with Crippen LogP contribution < -0.4 is 4.90 Å². The van der Waals surface area contributed by atoms with E-state index in [2.05, 4.69) is 0 Å². The van der Waals surface area contributed by atoms with Crippen LogP contribution >= 0.6 is 11.6 Å². The lowest BCUT2D eigenvalue weighted by Crippen LogP contribution is -2.29. The zero-order valence-electron chi connectivity index (χ0n) is 9.26. The normalized spacial score (nSPS) is 13.9. The van der Waals surface area contributed by atoms with Crippen molar-refractivity contribution in [2.75, 3.05) is 4.90 Å². The number of fused-ring (bicyclic) bond motifs is 1. The van der Waals surface area contributed by atoms with Gasteiger partial charge in [0.2, 0.25) is 0 Å². The van der Waals surface area contributed by atoms with E-state index in [1.54, 1.807) is 48.5 Å². The molecule has 0 radical (unpaired) electrons. The van der Waals surface area contributed by atoms with Crippen LogP contribution in [0.4, 0.5) is 5.69 Å². The number of anilines is 1. The Morgan fingerprint density at radius 3 is 1.83 bits per heavy atom. The van der Waals surface area contributed by atoms with Crippen LogP contribution in [0, 0.1) is 0 Å². The molecule has 1 heterocycles. The summed E-state index contributed by atoms with van der Waals surface area (Å²) in [7, 11) is 0. The average Bonchev–Trinajstić information content (AvgIpc) is 2.64. The van der Waals surface area contributed by atoms with Gasteiger partial charge in [-0.25, -0.2) is 4.90 Å². The Labute approximate surface area is 109 Å². The van der Waals surface area contributed by atoms with Gasteiger partial charge in [-0.1, -0.05) is 35.9 Å². The largest absolute Gasteiger partial charge is 0.268 e. The van der Waals surface area contributed by atoms with E-state index in [0.29, 0.717) is 21.8 Å². The molecular weight excluding hydrogens is 250 g/mol. The number of imide groups is 1. The second-order valence-electron chi connectivity index (χ2n) is 3.94. The highest BCUT2D eigenvalue weighted by atomic mass is 35.5. The van der Waals surface area contributed by atoms with E-state index >= 15 is 0 Å². The third-order valence-corrected chi connectivity index (χ3v) is 3.21.